The van der Waals surface area contributed by atoms with Crippen LogP contribution < -0.4 is 0 Å². The molecule has 0 N–H and O–H groups in total. The average Bonchev–Trinajstić information content (AvgIpc) is 1.59. The van der Waals surface area contributed by atoms with Gasteiger partial charge in [-0.1, -0.05) is 6.08 Å². The first-order chi connectivity index (χ1) is 4.42. The molecule has 0 aromatic heterocycles. The van der Waals surface area contributed by atoms with E-state index in [1.54, 1.807) is 0 Å². The van der Waals surface area contributed by atoms with Gasteiger partial charge in [0.1, 0.15) is 0 Å². The molecule has 0 bridgehead atoms. The minimum Gasteiger partial charge on any atom is -0.295 e. The van der Waals surface area contributed by atoms with Gasteiger partial charge in [-0.05, 0) is 13.0 Å². The van der Waals surface area contributed by atoms with Gasteiger partial charge in [-0.15, -0.1) is 0 Å². The number of allylic oxidation sites excluding steroid dienone is 2. The summed E-state index contributed by atoms with van der Waals surface area (Å²) >= 11 is 0. The van der Waals surface area contributed by atoms with Crippen molar-refractivity contribution in [3.63, 3.8) is 0 Å². The zero-order valence-electron chi connectivity index (χ0n) is 5.40. The number of halogens is 3. The van der Waals surface area contributed by atoms with Crippen molar-refractivity contribution in [2.75, 3.05) is 0 Å². The molecular formula is C6H7F3O. The van der Waals surface area contributed by atoms with E-state index in [2.05, 4.69) is 0 Å². The van der Waals surface area contributed by atoms with Crippen molar-refractivity contribution in [3.05, 3.63) is 12.2 Å². The maximum atomic E-state index is 11.3. The fraction of sp³-hybridized carbons (Fsp3) is 0.500. The summed E-state index contributed by atoms with van der Waals surface area (Å²) in [5.74, 6) is -0.371. The second kappa shape index (κ2) is 3.39. The summed E-state index contributed by atoms with van der Waals surface area (Å²) in [5.41, 5.74) is 0. The molecule has 0 saturated heterocycles. The largest absolute Gasteiger partial charge is 0.392 e. The maximum Gasteiger partial charge on any atom is 0.392 e. The van der Waals surface area contributed by atoms with Gasteiger partial charge in [-0.3, -0.25) is 4.79 Å². The molecule has 0 aliphatic rings. The molecule has 0 fully saturated rings. The van der Waals surface area contributed by atoms with E-state index in [1.165, 1.54) is 6.92 Å². The molecule has 0 aromatic rings. The van der Waals surface area contributed by atoms with Crippen molar-refractivity contribution in [2.24, 2.45) is 0 Å². The highest BCUT2D eigenvalue weighted by Gasteiger charge is 2.24. The van der Waals surface area contributed by atoms with Crippen molar-refractivity contribution in [2.45, 2.75) is 19.5 Å². The third-order valence-corrected chi connectivity index (χ3v) is 0.702. The van der Waals surface area contributed by atoms with Crippen LogP contribution >= 0.6 is 0 Å². The third kappa shape index (κ3) is 7.20. The van der Waals surface area contributed by atoms with Crippen LogP contribution in [0.15, 0.2) is 12.2 Å². The van der Waals surface area contributed by atoms with Crippen LogP contribution in [-0.2, 0) is 4.79 Å². The molecule has 0 saturated carbocycles. The van der Waals surface area contributed by atoms with E-state index in [0.717, 1.165) is 12.2 Å². The van der Waals surface area contributed by atoms with Gasteiger partial charge in [0.05, 0.1) is 6.42 Å². The van der Waals surface area contributed by atoms with Gasteiger partial charge >= 0.3 is 6.18 Å². The average molecular weight is 152 g/mol. The van der Waals surface area contributed by atoms with Crippen LogP contribution in [0.5, 0.6) is 0 Å². The molecule has 0 amide bonds. The first-order valence-electron chi connectivity index (χ1n) is 2.65. The van der Waals surface area contributed by atoms with Gasteiger partial charge in [-0.25, -0.2) is 0 Å². The molecule has 4 heteroatoms. The van der Waals surface area contributed by atoms with E-state index in [1.807, 2.05) is 0 Å². The molecule has 58 valence electrons. The van der Waals surface area contributed by atoms with Crippen LogP contribution in [0.25, 0.3) is 0 Å². The lowest BCUT2D eigenvalue weighted by molar-refractivity contribution is -0.125. The number of hydrogen-bond acceptors (Lipinski definition) is 1. The fourth-order valence-corrected chi connectivity index (χ4v) is 0.359. The predicted molar refractivity (Wildman–Crippen MR) is 30.5 cm³/mol. The Balaban J connectivity index is 3.64. The highest BCUT2D eigenvalue weighted by molar-refractivity contribution is 5.87. The zero-order valence-corrected chi connectivity index (χ0v) is 5.40. The zero-order chi connectivity index (χ0) is 8.20. The molecular weight excluding hydrogens is 145 g/mol. The summed E-state index contributed by atoms with van der Waals surface area (Å²) in [7, 11) is 0. The van der Waals surface area contributed by atoms with Gasteiger partial charge in [0.15, 0.2) is 5.78 Å². The smallest absolute Gasteiger partial charge is 0.295 e. The highest BCUT2D eigenvalue weighted by atomic mass is 19.4. The Labute approximate surface area is 56.5 Å². The van der Waals surface area contributed by atoms with E-state index < -0.39 is 12.6 Å². The topological polar surface area (TPSA) is 17.1 Å². The van der Waals surface area contributed by atoms with Gasteiger partial charge in [-0.2, -0.15) is 13.2 Å². The fourth-order valence-electron chi connectivity index (χ4n) is 0.359. The van der Waals surface area contributed by atoms with Crippen molar-refractivity contribution >= 4 is 5.78 Å². The van der Waals surface area contributed by atoms with Gasteiger partial charge in [0, 0.05) is 0 Å². The summed E-state index contributed by atoms with van der Waals surface area (Å²) in [5, 5.41) is 0. The number of carbonyl (C=O) groups is 1. The molecule has 0 heterocycles. The Morgan fingerprint density at radius 3 is 2.30 bits per heavy atom. The third-order valence-electron chi connectivity index (χ3n) is 0.702. The lowest BCUT2D eigenvalue weighted by Gasteiger charge is -1.98. The monoisotopic (exact) mass is 152 g/mol. The minimum absolute atomic E-state index is 0.371. The van der Waals surface area contributed by atoms with Crippen molar-refractivity contribution < 1.29 is 18.0 Å². The SMILES string of the molecule is CC(=O)/C=C/CC(F)(F)F. The second-order valence-corrected chi connectivity index (χ2v) is 1.83. The molecule has 0 unspecified atom stereocenters. The number of rotatable bonds is 2. The normalized spacial score (nSPS) is 12.4. The summed E-state index contributed by atoms with van der Waals surface area (Å²) < 4.78 is 34.0. The van der Waals surface area contributed by atoms with Crippen LogP contribution in [0.2, 0.25) is 0 Å². The molecule has 0 atom stereocenters. The van der Waals surface area contributed by atoms with E-state index in [9.17, 15) is 18.0 Å². The van der Waals surface area contributed by atoms with Gasteiger partial charge in [0.2, 0.25) is 0 Å². The van der Waals surface area contributed by atoms with Crippen molar-refractivity contribution in [3.8, 4) is 0 Å². The van der Waals surface area contributed by atoms with Crippen LogP contribution in [0.1, 0.15) is 13.3 Å². The molecule has 0 spiro atoms. The number of ketones is 1. The number of hydrogen-bond donors (Lipinski definition) is 0. The lowest BCUT2D eigenvalue weighted by Crippen LogP contribution is -2.04. The Kier molecular flexibility index (Phi) is 3.12. The quantitative estimate of drug-likeness (QED) is 0.553. The van der Waals surface area contributed by atoms with Crippen molar-refractivity contribution in [1.29, 1.82) is 0 Å². The maximum absolute atomic E-state index is 11.3. The van der Waals surface area contributed by atoms with E-state index in [-0.39, 0.29) is 5.78 Å². The Morgan fingerprint density at radius 1 is 1.50 bits per heavy atom. The first-order valence-corrected chi connectivity index (χ1v) is 2.65. The molecule has 1 nitrogen and oxygen atoms in total. The van der Waals surface area contributed by atoms with Crippen LogP contribution in [0.3, 0.4) is 0 Å². The Bertz CT molecular complexity index is 146. The van der Waals surface area contributed by atoms with Crippen LogP contribution in [0.4, 0.5) is 13.2 Å². The van der Waals surface area contributed by atoms with Crippen LogP contribution in [-0.4, -0.2) is 12.0 Å². The lowest BCUT2D eigenvalue weighted by atomic mass is 10.3. The first kappa shape index (κ1) is 9.20. The molecule has 0 aliphatic heterocycles. The summed E-state index contributed by atoms with van der Waals surface area (Å²) in [6.07, 6.45) is -3.52. The minimum atomic E-state index is -4.20. The summed E-state index contributed by atoms with van der Waals surface area (Å²) in [6, 6.07) is 0. The van der Waals surface area contributed by atoms with E-state index in [4.69, 9.17) is 0 Å². The Hall–Kier alpha value is -0.800. The van der Waals surface area contributed by atoms with Gasteiger partial charge in [0.25, 0.3) is 0 Å². The standard InChI is InChI=1S/C6H7F3O/c1-5(10)3-2-4-6(7,8)9/h2-3H,4H2,1H3/b3-2+. The number of alkyl halides is 3. The number of carbonyl (C=O) groups excluding carboxylic acids is 1. The summed E-state index contributed by atoms with van der Waals surface area (Å²) in [6.45, 7) is 1.20. The highest BCUT2D eigenvalue weighted by Crippen LogP contribution is 2.19. The predicted octanol–water partition coefficient (Wildman–Crippen LogP) is 2.08. The molecule has 0 aliphatic carbocycles. The molecule has 0 aromatic carbocycles. The van der Waals surface area contributed by atoms with E-state index in [0.29, 0.717) is 0 Å². The molecule has 0 rings (SSSR count). The second-order valence-electron chi connectivity index (χ2n) is 1.83. The van der Waals surface area contributed by atoms with E-state index >= 15 is 0 Å². The van der Waals surface area contributed by atoms with Gasteiger partial charge < -0.3 is 0 Å². The summed E-state index contributed by atoms with van der Waals surface area (Å²) in [4.78, 5) is 10.1. The van der Waals surface area contributed by atoms with Crippen LogP contribution in [0, 0.1) is 0 Å². The molecule has 0 radical (unpaired) electrons. The molecule has 10 heavy (non-hydrogen) atoms. The van der Waals surface area contributed by atoms with Crippen molar-refractivity contribution in [1.82, 2.24) is 0 Å². The Morgan fingerprint density at radius 2 is 2.00 bits per heavy atom.